The molecule has 0 bridgehead atoms. The summed E-state index contributed by atoms with van der Waals surface area (Å²) in [5.41, 5.74) is 1.13. The average molecular weight is 344 g/mol. The van der Waals surface area contributed by atoms with Crippen LogP contribution in [0.4, 0.5) is 0 Å². The third kappa shape index (κ3) is 4.74. The summed E-state index contributed by atoms with van der Waals surface area (Å²) in [6.07, 6.45) is 6.08. The van der Waals surface area contributed by atoms with Gasteiger partial charge < -0.3 is 15.0 Å². The van der Waals surface area contributed by atoms with Crippen LogP contribution in [0.15, 0.2) is 24.3 Å². The molecule has 2 amide bonds. The number of likely N-dealkylation sites (tertiary alicyclic amines) is 1. The summed E-state index contributed by atoms with van der Waals surface area (Å²) in [7, 11) is 1.65. The van der Waals surface area contributed by atoms with Crippen LogP contribution in [0.25, 0.3) is 0 Å². The number of ether oxygens (including phenoxy) is 1. The van der Waals surface area contributed by atoms with Crippen molar-refractivity contribution < 1.29 is 14.3 Å². The van der Waals surface area contributed by atoms with Crippen molar-refractivity contribution >= 4 is 11.8 Å². The molecule has 1 saturated carbocycles. The van der Waals surface area contributed by atoms with Crippen LogP contribution in [0, 0.1) is 11.8 Å². The number of methoxy groups -OCH3 is 1. The summed E-state index contributed by atoms with van der Waals surface area (Å²) < 4.78 is 5.21. The largest absolute Gasteiger partial charge is 0.497 e. The first kappa shape index (κ1) is 17.8. The topological polar surface area (TPSA) is 58.6 Å². The number of nitrogens with zero attached hydrogens (tertiary/aromatic N) is 1. The Balaban J connectivity index is 1.41. The summed E-state index contributed by atoms with van der Waals surface area (Å²) >= 11 is 0. The number of hydrogen-bond acceptors (Lipinski definition) is 3. The lowest BCUT2D eigenvalue weighted by Crippen LogP contribution is -2.35. The quantitative estimate of drug-likeness (QED) is 0.862. The molecule has 1 N–H and O–H groups in total. The van der Waals surface area contributed by atoms with E-state index in [9.17, 15) is 9.59 Å². The Morgan fingerprint density at radius 2 is 1.92 bits per heavy atom. The van der Waals surface area contributed by atoms with Gasteiger partial charge in [0, 0.05) is 19.6 Å². The van der Waals surface area contributed by atoms with Crippen LogP contribution in [-0.4, -0.2) is 43.5 Å². The number of hydrogen-bond donors (Lipinski definition) is 1. The second-order valence-electron chi connectivity index (χ2n) is 7.08. The van der Waals surface area contributed by atoms with Crippen LogP contribution in [0.2, 0.25) is 0 Å². The third-order valence-electron chi connectivity index (χ3n) is 5.21. The van der Waals surface area contributed by atoms with Gasteiger partial charge in [-0.1, -0.05) is 25.0 Å². The summed E-state index contributed by atoms with van der Waals surface area (Å²) in [6, 6.07) is 7.87. The summed E-state index contributed by atoms with van der Waals surface area (Å²) in [4.78, 5) is 26.8. The molecule has 1 aromatic rings. The van der Waals surface area contributed by atoms with Crippen LogP contribution in [0.5, 0.6) is 5.75 Å². The standard InChI is InChI=1S/C20H28N2O3/c1-25-16-8-6-7-15(13-16)9-10-21-19(23)17-14-18(17)20(24)22-11-4-2-3-5-12-22/h6-8,13,17-18H,2-5,9-12,14H2,1H3,(H,21,23). The van der Waals surface area contributed by atoms with Crippen molar-refractivity contribution in [2.75, 3.05) is 26.7 Å². The molecule has 1 aliphatic heterocycles. The Kier molecular flexibility index (Phi) is 5.95. The molecule has 5 heteroatoms. The van der Waals surface area contributed by atoms with Crippen molar-refractivity contribution in [1.82, 2.24) is 10.2 Å². The van der Waals surface area contributed by atoms with Gasteiger partial charge >= 0.3 is 0 Å². The van der Waals surface area contributed by atoms with Crippen molar-refractivity contribution in [2.24, 2.45) is 11.8 Å². The minimum absolute atomic E-state index is 0.0241. The Morgan fingerprint density at radius 3 is 2.64 bits per heavy atom. The highest BCUT2D eigenvalue weighted by atomic mass is 16.5. The fourth-order valence-corrected chi connectivity index (χ4v) is 3.57. The zero-order valence-electron chi connectivity index (χ0n) is 15.0. The maximum atomic E-state index is 12.5. The SMILES string of the molecule is COc1cccc(CCNC(=O)C2CC2C(=O)N2CCCCCC2)c1. The number of carbonyl (C=O) groups is 2. The molecule has 2 fully saturated rings. The molecular weight excluding hydrogens is 316 g/mol. The van der Waals surface area contributed by atoms with Crippen molar-refractivity contribution in [3.05, 3.63) is 29.8 Å². The monoisotopic (exact) mass is 344 g/mol. The van der Waals surface area contributed by atoms with E-state index in [1.807, 2.05) is 29.2 Å². The molecule has 1 aliphatic carbocycles. The molecule has 1 aromatic carbocycles. The first-order valence-corrected chi connectivity index (χ1v) is 9.38. The van der Waals surface area contributed by atoms with E-state index < -0.39 is 0 Å². The fraction of sp³-hybridized carbons (Fsp3) is 0.600. The fourth-order valence-electron chi connectivity index (χ4n) is 3.57. The zero-order valence-corrected chi connectivity index (χ0v) is 15.0. The Morgan fingerprint density at radius 1 is 1.16 bits per heavy atom. The Bertz CT molecular complexity index is 609. The Hall–Kier alpha value is -2.04. The number of amides is 2. The molecule has 3 rings (SSSR count). The maximum Gasteiger partial charge on any atom is 0.226 e. The molecule has 0 radical (unpaired) electrons. The van der Waals surface area contributed by atoms with E-state index in [1.54, 1.807) is 7.11 Å². The predicted molar refractivity (Wildman–Crippen MR) is 96.4 cm³/mol. The first-order valence-electron chi connectivity index (χ1n) is 9.38. The van der Waals surface area contributed by atoms with Crippen LogP contribution in [-0.2, 0) is 16.0 Å². The molecule has 2 atom stereocenters. The zero-order chi connectivity index (χ0) is 17.6. The van der Waals surface area contributed by atoms with Gasteiger partial charge in [-0.25, -0.2) is 0 Å². The van der Waals surface area contributed by atoms with E-state index in [0.29, 0.717) is 13.0 Å². The lowest BCUT2D eigenvalue weighted by molar-refractivity contribution is -0.134. The third-order valence-corrected chi connectivity index (χ3v) is 5.21. The van der Waals surface area contributed by atoms with Gasteiger partial charge in [-0.3, -0.25) is 9.59 Å². The van der Waals surface area contributed by atoms with E-state index >= 15 is 0 Å². The molecule has 5 nitrogen and oxygen atoms in total. The predicted octanol–water partition coefficient (Wildman–Crippen LogP) is 2.39. The minimum atomic E-state index is -0.124. The van der Waals surface area contributed by atoms with Crippen molar-refractivity contribution in [3.8, 4) is 5.75 Å². The number of nitrogens with one attached hydrogen (secondary N) is 1. The summed E-state index contributed by atoms with van der Waals surface area (Å²) in [6.45, 7) is 2.31. The van der Waals surface area contributed by atoms with Gasteiger partial charge in [0.2, 0.25) is 11.8 Å². The van der Waals surface area contributed by atoms with Crippen LogP contribution in [0.3, 0.4) is 0 Å². The number of rotatable bonds is 6. The van der Waals surface area contributed by atoms with Crippen molar-refractivity contribution in [1.29, 1.82) is 0 Å². The van der Waals surface area contributed by atoms with E-state index in [-0.39, 0.29) is 23.7 Å². The second-order valence-corrected chi connectivity index (χ2v) is 7.08. The molecule has 2 unspecified atom stereocenters. The normalized spacial score (nSPS) is 22.8. The lowest BCUT2D eigenvalue weighted by Gasteiger charge is -2.20. The molecule has 2 aliphatic rings. The molecular formula is C20H28N2O3. The minimum Gasteiger partial charge on any atom is -0.497 e. The first-order chi connectivity index (χ1) is 12.2. The van der Waals surface area contributed by atoms with Gasteiger partial charge in [0.25, 0.3) is 0 Å². The molecule has 136 valence electrons. The van der Waals surface area contributed by atoms with Crippen LogP contribution < -0.4 is 10.1 Å². The van der Waals surface area contributed by atoms with Crippen molar-refractivity contribution in [3.63, 3.8) is 0 Å². The molecule has 0 aromatic heterocycles. The van der Waals surface area contributed by atoms with Crippen molar-refractivity contribution in [2.45, 2.75) is 38.5 Å². The van der Waals surface area contributed by atoms with Gasteiger partial charge in [0.15, 0.2) is 0 Å². The molecule has 0 spiro atoms. The highest BCUT2D eigenvalue weighted by Crippen LogP contribution is 2.40. The Labute approximate surface area is 149 Å². The van der Waals surface area contributed by atoms with E-state index in [1.165, 1.54) is 12.8 Å². The molecule has 25 heavy (non-hydrogen) atoms. The lowest BCUT2D eigenvalue weighted by atomic mass is 10.1. The summed E-state index contributed by atoms with van der Waals surface area (Å²) in [5, 5.41) is 2.98. The van der Waals surface area contributed by atoms with E-state index in [4.69, 9.17) is 4.74 Å². The molecule has 1 saturated heterocycles. The van der Waals surface area contributed by atoms with Gasteiger partial charge in [-0.05, 0) is 43.4 Å². The van der Waals surface area contributed by atoms with Gasteiger partial charge in [0.05, 0.1) is 18.9 Å². The highest BCUT2D eigenvalue weighted by molar-refractivity contribution is 5.92. The average Bonchev–Trinajstić information content (AvgIpc) is 3.45. The van der Waals surface area contributed by atoms with E-state index in [0.717, 1.165) is 43.7 Å². The van der Waals surface area contributed by atoms with Gasteiger partial charge in [-0.15, -0.1) is 0 Å². The van der Waals surface area contributed by atoms with Gasteiger partial charge in [0.1, 0.15) is 5.75 Å². The summed E-state index contributed by atoms with van der Waals surface area (Å²) in [5.74, 6) is 0.830. The van der Waals surface area contributed by atoms with Crippen LogP contribution >= 0.6 is 0 Å². The maximum absolute atomic E-state index is 12.5. The van der Waals surface area contributed by atoms with Gasteiger partial charge in [-0.2, -0.15) is 0 Å². The smallest absolute Gasteiger partial charge is 0.226 e. The second kappa shape index (κ2) is 8.37. The van der Waals surface area contributed by atoms with Crippen LogP contribution in [0.1, 0.15) is 37.7 Å². The number of benzene rings is 1. The molecule has 1 heterocycles. The van der Waals surface area contributed by atoms with E-state index in [2.05, 4.69) is 5.32 Å². The highest BCUT2D eigenvalue weighted by Gasteiger charge is 2.49. The number of carbonyl (C=O) groups excluding carboxylic acids is 2.